The van der Waals surface area contributed by atoms with Crippen LogP contribution in [0.3, 0.4) is 0 Å². The second-order valence-corrected chi connectivity index (χ2v) is 4.22. The van der Waals surface area contributed by atoms with Gasteiger partial charge in [0.2, 0.25) is 5.91 Å². The lowest BCUT2D eigenvalue weighted by atomic mass is 10.1. The summed E-state index contributed by atoms with van der Waals surface area (Å²) in [4.78, 5) is 23.4. The van der Waals surface area contributed by atoms with Crippen LogP contribution in [0.25, 0.3) is 0 Å². The summed E-state index contributed by atoms with van der Waals surface area (Å²) in [5.41, 5.74) is 0. The molecule has 6 heteroatoms. The van der Waals surface area contributed by atoms with Gasteiger partial charge in [-0.25, -0.2) is 0 Å². The number of carbonyl (C=O) groups is 2. The fraction of sp³-hybridized carbons (Fsp3) is 0.750. The predicted molar refractivity (Wildman–Crippen MR) is 52.7 cm³/mol. The number of hydrogen-bond donors (Lipinski definition) is 1. The van der Waals surface area contributed by atoms with E-state index in [1.165, 1.54) is 4.90 Å². The average Bonchev–Trinajstić information content (AvgIpc) is 2.48. The van der Waals surface area contributed by atoms with Crippen molar-refractivity contribution in [3.05, 3.63) is 0 Å². The normalized spacial score (nSPS) is 24.0. The molecule has 0 aromatic carbocycles. The van der Waals surface area contributed by atoms with Gasteiger partial charge >= 0.3 is 5.97 Å². The Labute approximate surface area is 91.8 Å². The molecule has 1 aliphatic heterocycles. The molecule has 0 radical (unpaired) electrons. The highest BCUT2D eigenvalue weighted by molar-refractivity contribution is 6.28. The third-order valence-electron chi connectivity index (χ3n) is 2.15. The fourth-order valence-electron chi connectivity index (χ4n) is 1.40. The van der Waals surface area contributed by atoms with Crippen LogP contribution >= 0.6 is 23.2 Å². The highest BCUT2D eigenvalue weighted by Gasteiger charge is 2.34. The summed E-state index contributed by atoms with van der Waals surface area (Å²) in [6.07, 6.45) is 0.0707. The first-order chi connectivity index (χ1) is 6.54. The summed E-state index contributed by atoms with van der Waals surface area (Å²) in [7, 11) is 0. The quantitative estimate of drug-likeness (QED) is 0.738. The topological polar surface area (TPSA) is 57.6 Å². The largest absolute Gasteiger partial charge is 0.481 e. The Morgan fingerprint density at radius 3 is 2.79 bits per heavy atom. The number of rotatable bonds is 4. The average molecular weight is 240 g/mol. The van der Waals surface area contributed by atoms with Gasteiger partial charge in [-0.05, 0) is 0 Å². The summed E-state index contributed by atoms with van der Waals surface area (Å²) in [6, 6.07) is 0. The van der Waals surface area contributed by atoms with E-state index in [9.17, 15) is 9.59 Å². The summed E-state index contributed by atoms with van der Waals surface area (Å²) < 4.78 is 0. The molecule has 0 aliphatic carbocycles. The molecule has 1 saturated heterocycles. The Balaban J connectivity index is 2.48. The molecule has 0 saturated carbocycles. The van der Waals surface area contributed by atoms with Crippen molar-refractivity contribution >= 4 is 35.1 Å². The summed E-state index contributed by atoms with van der Waals surface area (Å²) >= 11 is 11.3. The minimum absolute atomic E-state index is 0.0707. The Kier molecular flexibility index (Phi) is 4.01. The van der Waals surface area contributed by atoms with Crippen LogP contribution in [0.1, 0.15) is 6.42 Å². The number of likely N-dealkylation sites (tertiary alicyclic amines) is 1. The van der Waals surface area contributed by atoms with Gasteiger partial charge in [0.05, 0.1) is 11.3 Å². The van der Waals surface area contributed by atoms with E-state index in [0.717, 1.165) is 0 Å². The van der Waals surface area contributed by atoms with Crippen LogP contribution in [-0.4, -0.2) is 46.2 Å². The highest BCUT2D eigenvalue weighted by Crippen LogP contribution is 2.19. The van der Waals surface area contributed by atoms with Crippen LogP contribution in [-0.2, 0) is 9.59 Å². The summed E-state index contributed by atoms with van der Waals surface area (Å²) in [6.45, 7) is 0.571. The van der Waals surface area contributed by atoms with Crippen molar-refractivity contribution in [3.8, 4) is 0 Å². The van der Waals surface area contributed by atoms with Gasteiger partial charge in [0, 0.05) is 25.4 Å². The zero-order chi connectivity index (χ0) is 10.7. The number of alkyl halides is 2. The van der Waals surface area contributed by atoms with E-state index in [2.05, 4.69) is 0 Å². The second-order valence-electron chi connectivity index (χ2n) is 3.29. The first kappa shape index (κ1) is 11.6. The van der Waals surface area contributed by atoms with Gasteiger partial charge in [0.1, 0.15) is 0 Å². The first-order valence-corrected chi connectivity index (χ1v) is 5.22. The molecule has 14 heavy (non-hydrogen) atoms. The molecule has 1 N–H and O–H groups in total. The molecule has 0 aromatic rings. The van der Waals surface area contributed by atoms with Crippen LogP contribution in [0.5, 0.6) is 0 Å². The lowest BCUT2D eigenvalue weighted by Gasteiger charge is -2.17. The van der Waals surface area contributed by atoms with Crippen molar-refractivity contribution < 1.29 is 14.7 Å². The zero-order valence-corrected chi connectivity index (χ0v) is 8.96. The molecule has 80 valence electrons. The van der Waals surface area contributed by atoms with E-state index in [0.29, 0.717) is 6.54 Å². The molecule has 2 atom stereocenters. The number of hydrogen-bond acceptors (Lipinski definition) is 2. The van der Waals surface area contributed by atoms with Gasteiger partial charge in [0.15, 0.2) is 0 Å². The molecular weight excluding hydrogens is 229 g/mol. The molecule has 1 heterocycles. The number of carbonyl (C=O) groups excluding carboxylic acids is 1. The Morgan fingerprint density at radius 1 is 1.71 bits per heavy atom. The molecule has 1 aliphatic rings. The van der Waals surface area contributed by atoms with Gasteiger partial charge < -0.3 is 10.0 Å². The van der Waals surface area contributed by atoms with Crippen molar-refractivity contribution in [1.82, 2.24) is 4.90 Å². The molecule has 2 unspecified atom stereocenters. The molecule has 0 bridgehead atoms. The van der Waals surface area contributed by atoms with Crippen LogP contribution in [0, 0.1) is 5.92 Å². The molecule has 1 amide bonds. The smallest absolute Gasteiger partial charge is 0.308 e. The first-order valence-electron chi connectivity index (χ1n) is 4.25. The lowest BCUT2D eigenvalue weighted by Crippen LogP contribution is -2.32. The van der Waals surface area contributed by atoms with E-state index in [4.69, 9.17) is 28.3 Å². The highest BCUT2D eigenvalue weighted by atomic mass is 35.5. The van der Waals surface area contributed by atoms with Gasteiger partial charge in [-0.2, -0.15) is 0 Å². The molecule has 1 rings (SSSR count). The molecule has 4 nitrogen and oxygen atoms in total. The summed E-state index contributed by atoms with van der Waals surface area (Å²) in [5.74, 6) is -1.43. The maximum atomic E-state index is 11.3. The molecule has 1 fully saturated rings. The Hall–Kier alpha value is -0.480. The fourth-order valence-corrected chi connectivity index (χ4v) is 1.67. The van der Waals surface area contributed by atoms with Crippen LogP contribution in [0.15, 0.2) is 0 Å². The van der Waals surface area contributed by atoms with Gasteiger partial charge in [-0.1, -0.05) is 0 Å². The second kappa shape index (κ2) is 4.84. The Morgan fingerprint density at radius 2 is 2.36 bits per heavy atom. The minimum atomic E-state index is -0.933. The maximum absolute atomic E-state index is 11.3. The van der Waals surface area contributed by atoms with Crippen molar-refractivity contribution in [2.45, 2.75) is 11.8 Å². The number of aliphatic carboxylic acids is 1. The Bertz CT molecular complexity index is 247. The number of carboxylic acids is 1. The molecular formula is C8H11Cl2NO3. The number of halogens is 2. The van der Waals surface area contributed by atoms with Crippen molar-refractivity contribution in [3.63, 3.8) is 0 Å². The SMILES string of the molecule is O=C(O)C1CC(=O)N(CC(Cl)CCl)C1. The number of carboxylic acid groups (broad SMARTS) is 1. The lowest BCUT2D eigenvalue weighted by molar-refractivity contribution is -0.141. The van der Waals surface area contributed by atoms with E-state index >= 15 is 0 Å². The maximum Gasteiger partial charge on any atom is 0.308 e. The van der Waals surface area contributed by atoms with Gasteiger partial charge in [-0.3, -0.25) is 9.59 Å². The van der Waals surface area contributed by atoms with E-state index in [1.54, 1.807) is 0 Å². The third kappa shape index (κ3) is 2.75. The zero-order valence-electron chi connectivity index (χ0n) is 7.45. The number of amides is 1. The van der Waals surface area contributed by atoms with Crippen LogP contribution in [0.2, 0.25) is 0 Å². The van der Waals surface area contributed by atoms with E-state index < -0.39 is 11.9 Å². The molecule has 0 aromatic heterocycles. The van der Waals surface area contributed by atoms with Crippen LogP contribution < -0.4 is 0 Å². The molecule has 0 spiro atoms. The van der Waals surface area contributed by atoms with Crippen molar-refractivity contribution in [2.24, 2.45) is 5.92 Å². The van der Waals surface area contributed by atoms with Crippen LogP contribution in [0.4, 0.5) is 0 Å². The van der Waals surface area contributed by atoms with Gasteiger partial charge in [0.25, 0.3) is 0 Å². The van der Waals surface area contributed by atoms with Crippen molar-refractivity contribution in [2.75, 3.05) is 19.0 Å². The minimum Gasteiger partial charge on any atom is -0.481 e. The van der Waals surface area contributed by atoms with Crippen molar-refractivity contribution in [1.29, 1.82) is 0 Å². The van der Waals surface area contributed by atoms with Gasteiger partial charge in [-0.15, -0.1) is 23.2 Å². The standard InChI is InChI=1S/C8H11Cl2NO3/c9-2-6(10)4-11-3-5(8(13)14)1-7(11)12/h5-6H,1-4H2,(H,13,14). The number of nitrogens with zero attached hydrogens (tertiary/aromatic N) is 1. The monoisotopic (exact) mass is 239 g/mol. The predicted octanol–water partition coefficient (Wildman–Crippen LogP) is 0.766. The van der Waals surface area contributed by atoms with E-state index in [-0.39, 0.29) is 30.1 Å². The summed E-state index contributed by atoms with van der Waals surface area (Å²) in [5, 5.41) is 8.39. The third-order valence-corrected chi connectivity index (χ3v) is 2.97. The van der Waals surface area contributed by atoms with E-state index in [1.807, 2.05) is 0 Å².